The minimum Gasteiger partial charge on any atom is -0.477 e. The van der Waals surface area contributed by atoms with E-state index in [1.807, 2.05) is 6.92 Å². The molecule has 4 rings (SSSR count). The Morgan fingerprint density at radius 3 is 2.55 bits per heavy atom. The van der Waals surface area contributed by atoms with Crippen LogP contribution in [0.5, 0.6) is 5.88 Å². The van der Waals surface area contributed by atoms with Crippen molar-refractivity contribution in [3.8, 4) is 17.1 Å². The van der Waals surface area contributed by atoms with E-state index in [-0.39, 0.29) is 18.1 Å². The number of ether oxygens (including phenoxy) is 2. The van der Waals surface area contributed by atoms with Crippen LogP contribution in [0.25, 0.3) is 11.3 Å². The lowest BCUT2D eigenvalue weighted by Gasteiger charge is -2.25. The summed E-state index contributed by atoms with van der Waals surface area (Å²) < 4.78 is 37.2. The van der Waals surface area contributed by atoms with Crippen LogP contribution < -0.4 is 14.4 Å². The third kappa shape index (κ3) is 6.61. The number of aromatic nitrogens is 4. The molecular formula is C24H28N6O6S2. The van der Waals surface area contributed by atoms with Gasteiger partial charge in [0.1, 0.15) is 16.3 Å². The lowest BCUT2D eigenvalue weighted by Crippen LogP contribution is -2.42. The SMILES string of the molecule is CCOc1cncc(-c2ccc(C(=O)NCc3nc(N(C(=O)OC(C)(C)C)S(=O)(=O)C4CC4)cs3)nc2)n1. The van der Waals surface area contributed by atoms with E-state index >= 15 is 0 Å². The molecule has 202 valence electrons. The normalized spacial score (nSPS) is 13.6. The number of amides is 2. The number of carbonyl (C=O) groups is 2. The molecular weight excluding hydrogens is 532 g/mol. The fraction of sp³-hybridized carbons (Fsp3) is 0.417. The van der Waals surface area contributed by atoms with Crippen molar-refractivity contribution in [1.82, 2.24) is 25.3 Å². The van der Waals surface area contributed by atoms with E-state index in [9.17, 15) is 18.0 Å². The molecule has 0 bridgehead atoms. The second-order valence-corrected chi connectivity index (χ2v) is 12.4. The summed E-state index contributed by atoms with van der Waals surface area (Å²) in [6.45, 7) is 7.29. The van der Waals surface area contributed by atoms with Crippen LogP contribution in [-0.4, -0.2) is 57.8 Å². The Balaban J connectivity index is 1.43. The van der Waals surface area contributed by atoms with Gasteiger partial charge in [0, 0.05) is 17.1 Å². The third-order valence-corrected chi connectivity index (χ3v) is 8.10. The van der Waals surface area contributed by atoms with Crippen molar-refractivity contribution in [2.75, 3.05) is 10.9 Å². The van der Waals surface area contributed by atoms with Crippen molar-refractivity contribution in [2.45, 2.75) is 57.9 Å². The lowest BCUT2D eigenvalue weighted by molar-refractivity contribution is 0.0607. The molecule has 3 aromatic heterocycles. The molecule has 1 fully saturated rings. The minimum absolute atomic E-state index is 0.0143. The average molecular weight is 561 g/mol. The third-order valence-electron chi connectivity index (χ3n) is 5.10. The molecule has 1 aliphatic carbocycles. The minimum atomic E-state index is -3.96. The van der Waals surface area contributed by atoms with Gasteiger partial charge in [0.15, 0.2) is 5.82 Å². The highest BCUT2D eigenvalue weighted by atomic mass is 32.2. The Morgan fingerprint density at radius 2 is 1.92 bits per heavy atom. The fourth-order valence-electron chi connectivity index (χ4n) is 3.25. The Bertz CT molecular complexity index is 1410. The topological polar surface area (TPSA) is 154 Å². The molecule has 1 aliphatic rings. The predicted octanol–water partition coefficient (Wildman–Crippen LogP) is 3.56. The number of carbonyl (C=O) groups excluding carboxylic acids is 2. The molecule has 2 amide bonds. The summed E-state index contributed by atoms with van der Waals surface area (Å²) in [6, 6.07) is 3.25. The van der Waals surface area contributed by atoms with Crippen LogP contribution in [0.2, 0.25) is 0 Å². The zero-order chi connectivity index (χ0) is 27.5. The molecule has 3 aromatic rings. The highest BCUT2D eigenvalue weighted by Gasteiger charge is 2.45. The van der Waals surface area contributed by atoms with Crippen molar-refractivity contribution < 1.29 is 27.5 Å². The highest BCUT2D eigenvalue weighted by molar-refractivity contribution is 7.94. The molecule has 0 aliphatic heterocycles. The first-order valence-electron chi connectivity index (χ1n) is 11.9. The van der Waals surface area contributed by atoms with Crippen LogP contribution in [0.15, 0.2) is 36.1 Å². The van der Waals surface area contributed by atoms with Crippen LogP contribution in [-0.2, 0) is 21.3 Å². The number of hydrogen-bond acceptors (Lipinski definition) is 11. The summed E-state index contributed by atoms with van der Waals surface area (Å²) in [6.07, 6.45) is 4.54. The molecule has 1 saturated carbocycles. The van der Waals surface area contributed by atoms with Crippen LogP contribution >= 0.6 is 11.3 Å². The van der Waals surface area contributed by atoms with Crippen molar-refractivity contribution in [3.63, 3.8) is 0 Å². The van der Waals surface area contributed by atoms with E-state index in [1.54, 1.807) is 39.1 Å². The van der Waals surface area contributed by atoms with Gasteiger partial charge in [-0.25, -0.2) is 23.2 Å². The summed E-state index contributed by atoms with van der Waals surface area (Å²) in [5.41, 5.74) is 0.509. The smallest absolute Gasteiger partial charge is 0.430 e. The van der Waals surface area contributed by atoms with Gasteiger partial charge in [-0.3, -0.25) is 14.8 Å². The van der Waals surface area contributed by atoms with Gasteiger partial charge in [0.2, 0.25) is 15.9 Å². The Kier molecular flexibility index (Phi) is 7.92. The van der Waals surface area contributed by atoms with Gasteiger partial charge in [-0.15, -0.1) is 11.3 Å². The summed E-state index contributed by atoms with van der Waals surface area (Å²) in [5, 5.41) is 3.93. The first kappa shape index (κ1) is 27.4. The van der Waals surface area contributed by atoms with Gasteiger partial charge in [0.05, 0.1) is 36.5 Å². The molecule has 0 aromatic carbocycles. The highest BCUT2D eigenvalue weighted by Crippen LogP contribution is 2.35. The monoisotopic (exact) mass is 560 g/mol. The summed E-state index contributed by atoms with van der Waals surface area (Å²) in [7, 11) is -3.96. The van der Waals surface area contributed by atoms with E-state index in [0.717, 1.165) is 11.3 Å². The maximum Gasteiger partial charge on any atom is 0.430 e. The van der Waals surface area contributed by atoms with Gasteiger partial charge < -0.3 is 14.8 Å². The molecule has 0 atom stereocenters. The van der Waals surface area contributed by atoms with E-state index < -0.39 is 32.9 Å². The van der Waals surface area contributed by atoms with Crippen LogP contribution in [0, 0.1) is 0 Å². The summed E-state index contributed by atoms with van der Waals surface area (Å²) >= 11 is 1.12. The van der Waals surface area contributed by atoms with Gasteiger partial charge in [0.25, 0.3) is 5.91 Å². The standard InChI is InChI=1S/C24H28N6O6S2/c1-5-35-20-12-25-11-18(28-20)15-6-9-17(26-10-15)22(31)27-13-21-29-19(14-37-21)30(23(32)36-24(2,3)4)38(33,34)16-7-8-16/h6,9-12,14,16H,5,7-8,13H2,1-4H3,(H,27,31). The summed E-state index contributed by atoms with van der Waals surface area (Å²) in [5.74, 6) is -0.111. The maximum atomic E-state index is 13.0. The molecule has 38 heavy (non-hydrogen) atoms. The summed E-state index contributed by atoms with van der Waals surface area (Å²) in [4.78, 5) is 42.4. The van der Waals surface area contributed by atoms with E-state index in [1.165, 1.54) is 17.8 Å². The van der Waals surface area contributed by atoms with Crippen molar-refractivity contribution in [3.05, 3.63) is 46.8 Å². The molecule has 1 N–H and O–H groups in total. The zero-order valence-corrected chi connectivity index (χ0v) is 23.0. The number of pyridine rings is 1. The Labute approximate surface area is 224 Å². The molecule has 12 nitrogen and oxygen atoms in total. The average Bonchev–Trinajstić information content (AvgIpc) is 3.63. The van der Waals surface area contributed by atoms with E-state index in [4.69, 9.17) is 9.47 Å². The fourth-order valence-corrected chi connectivity index (χ4v) is 5.65. The van der Waals surface area contributed by atoms with Crippen LogP contribution in [0.3, 0.4) is 0 Å². The predicted molar refractivity (Wildman–Crippen MR) is 140 cm³/mol. The molecule has 14 heteroatoms. The molecule has 0 spiro atoms. The van der Waals surface area contributed by atoms with Gasteiger partial charge >= 0.3 is 6.09 Å². The van der Waals surface area contributed by atoms with Crippen LogP contribution in [0.4, 0.5) is 10.6 Å². The van der Waals surface area contributed by atoms with E-state index in [0.29, 0.717) is 45.9 Å². The Morgan fingerprint density at radius 1 is 1.16 bits per heavy atom. The van der Waals surface area contributed by atoms with Crippen LogP contribution in [0.1, 0.15) is 56.0 Å². The lowest BCUT2D eigenvalue weighted by atomic mass is 10.2. The number of hydrogen-bond donors (Lipinski definition) is 1. The van der Waals surface area contributed by atoms with E-state index in [2.05, 4.69) is 25.3 Å². The second-order valence-electron chi connectivity index (χ2n) is 9.38. The number of nitrogens with one attached hydrogen (secondary N) is 1. The van der Waals surface area contributed by atoms with Gasteiger partial charge in [-0.05, 0) is 52.7 Å². The number of nitrogens with zero attached hydrogens (tertiary/aromatic N) is 5. The first-order chi connectivity index (χ1) is 18.0. The molecule has 0 radical (unpaired) electrons. The second kappa shape index (κ2) is 11.0. The largest absolute Gasteiger partial charge is 0.477 e. The van der Waals surface area contributed by atoms with Gasteiger partial charge in [-0.1, -0.05) is 0 Å². The number of rotatable bonds is 9. The van der Waals surface area contributed by atoms with Crippen molar-refractivity contribution >= 4 is 39.2 Å². The number of sulfonamides is 1. The van der Waals surface area contributed by atoms with Gasteiger partial charge in [-0.2, -0.15) is 4.31 Å². The number of anilines is 1. The maximum absolute atomic E-state index is 13.0. The van der Waals surface area contributed by atoms with Crippen molar-refractivity contribution in [2.24, 2.45) is 0 Å². The molecule has 0 saturated heterocycles. The Hall–Kier alpha value is -3.65. The first-order valence-corrected chi connectivity index (χ1v) is 14.3. The zero-order valence-electron chi connectivity index (χ0n) is 21.4. The quantitative estimate of drug-likeness (QED) is 0.411. The van der Waals surface area contributed by atoms with Crippen molar-refractivity contribution in [1.29, 1.82) is 0 Å². The molecule has 3 heterocycles. The number of thiazole rings is 1. The molecule has 0 unspecified atom stereocenters.